The standard InChI is InChI=1S/C22H17Cl3N2O3/c23-15-8-5-13(6-9-15)20(28)26(12-14-7-10-16(24)11-19(14)25)27-21(29)17-3-1-2-4-18(17)22(27)30/h1-2,5-11,17-18H,3-4,12H2/t17-,18+. The summed E-state index contributed by atoms with van der Waals surface area (Å²) in [7, 11) is 0. The third kappa shape index (κ3) is 3.85. The molecule has 1 heterocycles. The lowest BCUT2D eigenvalue weighted by Gasteiger charge is -2.31. The van der Waals surface area contributed by atoms with Crippen LogP contribution < -0.4 is 0 Å². The average Bonchev–Trinajstić information content (AvgIpc) is 2.98. The second-order valence-corrected chi connectivity index (χ2v) is 8.53. The molecule has 2 aromatic carbocycles. The maximum atomic E-state index is 13.4. The van der Waals surface area contributed by atoms with Gasteiger partial charge in [0.15, 0.2) is 0 Å². The van der Waals surface area contributed by atoms with Crippen LogP contribution in [0.4, 0.5) is 0 Å². The van der Waals surface area contributed by atoms with Gasteiger partial charge in [0.25, 0.3) is 17.7 Å². The zero-order chi connectivity index (χ0) is 21.4. The summed E-state index contributed by atoms with van der Waals surface area (Å²) in [5.74, 6) is -2.15. The Morgan fingerprint density at radius 1 is 0.900 bits per heavy atom. The van der Waals surface area contributed by atoms with Gasteiger partial charge in [-0.1, -0.05) is 53.0 Å². The highest BCUT2D eigenvalue weighted by molar-refractivity contribution is 6.35. The van der Waals surface area contributed by atoms with E-state index in [-0.39, 0.29) is 18.4 Å². The van der Waals surface area contributed by atoms with E-state index in [0.29, 0.717) is 39.0 Å². The van der Waals surface area contributed by atoms with Crippen molar-refractivity contribution >= 4 is 52.5 Å². The van der Waals surface area contributed by atoms with Gasteiger partial charge in [0.05, 0.1) is 18.4 Å². The minimum absolute atomic E-state index is 0.0538. The fourth-order valence-corrected chi connectivity index (χ4v) is 4.40. The highest BCUT2D eigenvalue weighted by atomic mass is 35.5. The molecule has 5 nitrogen and oxygen atoms in total. The molecule has 30 heavy (non-hydrogen) atoms. The number of imide groups is 1. The molecule has 2 atom stereocenters. The molecule has 0 bridgehead atoms. The van der Waals surface area contributed by atoms with Crippen molar-refractivity contribution in [1.82, 2.24) is 10.0 Å². The van der Waals surface area contributed by atoms with E-state index >= 15 is 0 Å². The van der Waals surface area contributed by atoms with Crippen molar-refractivity contribution in [2.45, 2.75) is 19.4 Å². The predicted octanol–water partition coefficient (Wildman–Crippen LogP) is 5.16. The molecule has 8 heteroatoms. The van der Waals surface area contributed by atoms with E-state index < -0.39 is 17.7 Å². The first-order chi connectivity index (χ1) is 14.4. The summed E-state index contributed by atoms with van der Waals surface area (Å²) in [6.45, 7) is -0.0538. The molecule has 0 aromatic heterocycles. The van der Waals surface area contributed by atoms with Crippen LogP contribution in [0.1, 0.15) is 28.8 Å². The van der Waals surface area contributed by atoms with Gasteiger partial charge in [-0.05, 0) is 54.8 Å². The zero-order valence-electron chi connectivity index (χ0n) is 15.7. The Kier molecular flexibility index (Phi) is 5.87. The SMILES string of the molecule is O=C(c1ccc(Cl)cc1)N(Cc1ccc(Cl)cc1Cl)N1C(=O)[C@H]2CC=CC[C@H]2C1=O. The van der Waals surface area contributed by atoms with Crippen LogP contribution in [-0.4, -0.2) is 27.7 Å². The number of amides is 3. The van der Waals surface area contributed by atoms with Crippen LogP contribution in [0, 0.1) is 11.8 Å². The number of hydrazine groups is 1. The quantitative estimate of drug-likeness (QED) is 0.465. The Morgan fingerprint density at radius 3 is 2.03 bits per heavy atom. The van der Waals surface area contributed by atoms with Crippen molar-refractivity contribution in [3.63, 3.8) is 0 Å². The largest absolute Gasteiger partial charge is 0.273 e. The van der Waals surface area contributed by atoms with Crippen LogP contribution >= 0.6 is 34.8 Å². The average molecular weight is 464 g/mol. The Labute approximate surface area is 188 Å². The Balaban J connectivity index is 1.73. The molecule has 0 radical (unpaired) electrons. The number of nitrogens with zero attached hydrogens (tertiary/aromatic N) is 2. The number of carbonyl (C=O) groups excluding carboxylic acids is 3. The Morgan fingerprint density at radius 2 is 1.47 bits per heavy atom. The van der Waals surface area contributed by atoms with Crippen molar-refractivity contribution in [3.8, 4) is 0 Å². The van der Waals surface area contributed by atoms with E-state index in [9.17, 15) is 14.4 Å². The number of benzene rings is 2. The summed E-state index contributed by atoms with van der Waals surface area (Å²) in [6.07, 6.45) is 4.77. The van der Waals surface area contributed by atoms with Gasteiger partial charge in [-0.3, -0.25) is 14.4 Å². The fourth-order valence-electron chi connectivity index (χ4n) is 3.81. The summed E-state index contributed by atoms with van der Waals surface area (Å²) in [5.41, 5.74) is 0.870. The maximum absolute atomic E-state index is 13.4. The summed E-state index contributed by atoms with van der Waals surface area (Å²) in [5, 5.41) is 3.43. The van der Waals surface area contributed by atoms with Gasteiger partial charge < -0.3 is 0 Å². The predicted molar refractivity (Wildman–Crippen MR) is 115 cm³/mol. The first-order valence-electron chi connectivity index (χ1n) is 9.41. The number of carbonyl (C=O) groups is 3. The van der Waals surface area contributed by atoms with E-state index in [1.807, 2.05) is 12.2 Å². The minimum Gasteiger partial charge on any atom is -0.272 e. The number of fused-ring (bicyclic) bond motifs is 1. The molecule has 4 rings (SSSR count). The number of hydrogen-bond donors (Lipinski definition) is 0. The lowest BCUT2D eigenvalue weighted by Crippen LogP contribution is -2.49. The van der Waals surface area contributed by atoms with Crippen LogP contribution in [0.25, 0.3) is 0 Å². The van der Waals surface area contributed by atoms with Gasteiger partial charge in [0, 0.05) is 20.6 Å². The third-order valence-corrected chi connectivity index (χ3v) is 6.23. The highest BCUT2D eigenvalue weighted by Gasteiger charge is 2.50. The first-order valence-corrected chi connectivity index (χ1v) is 10.5. The topological polar surface area (TPSA) is 57.7 Å². The van der Waals surface area contributed by atoms with E-state index in [0.717, 1.165) is 5.01 Å². The van der Waals surface area contributed by atoms with Gasteiger partial charge in [0.1, 0.15) is 0 Å². The molecule has 2 aromatic rings. The van der Waals surface area contributed by atoms with Crippen LogP contribution in [0.15, 0.2) is 54.6 Å². The fraction of sp³-hybridized carbons (Fsp3) is 0.227. The normalized spacial score (nSPS) is 20.4. The van der Waals surface area contributed by atoms with Gasteiger partial charge in [-0.15, -0.1) is 0 Å². The lowest BCUT2D eigenvalue weighted by atomic mass is 9.85. The van der Waals surface area contributed by atoms with Crippen molar-refractivity contribution < 1.29 is 14.4 Å². The van der Waals surface area contributed by atoms with Crippen molar-refractivity contribution in [2.24, 2.45) is 11.8 Å². The summed E-state index contributed by atoms with van der Waals surface area (Å²) in [4.78, 5) is 39.6. The zero-order valence-corrected chi connectivity index (χ0v) is 18.0. The van der Waals surface area contributed by atoms with Gasteiger partial charge in [0.2, 0.25) is 0 Å². The van der Waals surface area contributed by atoms with Gasteiger partial charge >= 0.3 is 0 Å². The molecule has 0 N–H and O–H groups in total. The van der Waals surface area contributed by atoms with Crippen molar-refractivity contribution in [2.75, 3.05) is 0 Å². The van der Waals surface area contributed by atoms with Crippen LogP contribution in [0.5, 0.6) is 0 Å². The summed E-state index contributed by atoms with van der Waals surface area (Å²) >= 11 is 18.2. The van der Waals surface area contributed by atoms with Gasteiger partial charge in [-0.25, -0.2) is 5.01 Å². The second-order valence-electron chi connectivity index (χ2n) is 7.25. The molecule has 154 valence electrons. The Hall–Kier alpha value is -2.34. The molecule has 0 spiro atoms. The lowest BCUT2D eigenvalue weighted by molar-refractivity contribution is -0.155. The van der Waals surface area contributed by atoms with Gasteiger partial charge in [-0.2, -0.15) is 5.01 Å². The number of hydrogen-bond acceptors (Lipinski definition) is 3. The number of rotatable bonds is 4. The Bertz CT molecular complexity index is 1030. The molecule has 1 fully saturated rings. The monoisotopic (exact) mass is 462 g/mol. The molecular weight excluding hydrogens is 447 g/mol. The molecule has 1 aliphatic carbocycles. The molecule has 0 unspecified atom stereocenters. The van der Waals surface area contributed by atoms with Crippen molar-refractivity contribution in [3.05, 3.63) is 80.8 Å². The molecule has 3 amide bonds. The summed E-state index contributed by atoms with van der Waals surface area (Å²) < 4.78 is 0. The molecule has 1 aliphatic heterocycles. The highest BCUT2D eigenvalue weighted by Crippen LogP contribution is 2.37. The molecular formula is C22H17Cl3N2O3. The third-order valence-electron chi connectivity index (χ3n) is 5.39. The summed E-state index contributed by atoms with van der Waals surface area (Å²) in [6, 6.07) is 11.2. The van der Waals surface area contributed by atoms with Crippen LogP contribution in [0.3, 0.4) is 0 Å². The van der Waals surface area contributed by atoms with E-state index in [2.05, 4.69) is 0 Å². The molecule has 2 aliphatic rings. The maximum Gasteiger partial charge on any atom is 0.273 e. The van der Waals surface area contributed by atoms with E-state index in [4.69, 9.17) is 34.8 Å². The number of halogens is 3. The minimum atomic E-state index is -0.494. The molecule has 1 saturated heterocycles. The first kappa shape index (κ1) is 20.9. The smallest absolute Gasteiger partial charge is 0.272 e. The molecule has 0 saturated carbocycles. The van der Waals surface area contributed by atoms with E-state index in [1.54, 1.807) is 42.5 Å². The number of allylic oxidation sites excluding steroid dienone is 2. The second kappa shape index (κ2) is 8.42. The van der Waals surface area contributed by atoms with Crippen LogP contribution in [-0.2, 0) is 16.1 Å². The van der Waals surface area contributed by atoms with Crippen molar-refractivity contribution in [1.29, 1.82) is 0 Å². The van der Waals surface area contributed by atoms with Crippen LogP contribution in [0.2, 0.25) is 15.1 Å². The van der Waals surface area contributed by atoms with E-state index in [1.165, 1.54) is 5.01 Å².